The lowest BCUT2D eigenvalue weighted by molar-refractivity contribution is 0.0741. The third kappa shape index (κ3) is 3.45. The van der Waals surface area contributed by atoms with E-state index in [1.807, 2.05) is 18.2 Å². The molecule has 0 N–H and O–H groups in total. The Morgan fingerprint density at radius 1 is 1.00 bits per heavy atom. The Morgan fingerprint density at radius 2 is 1.74 bits per heavy atom. The highest BCUT2D eigenvalue weighted by atomic mass is 35.5. The number of piperazine rings is 1. The number of benzene rings is 2. The number of halogens is 3. The number of nitrogens with zero attached hydrogens (tertiary/aromatic N) is 2. The number of anilines is 1. The number of hydrogen-bond donors (Lipinski definition) is 0. The molecule has 2 aromatic rings. The summed E-state index contributed by atoms with van der Waals surface area (Å²) in [5.74, 6) is -1.80. The van der Waals surface area contributed by atoms with Crippen LogP contribution in [0, 0.1) is 11.6 Å². The molecule has 0 aliphatic carbocycles. The Bertz CT molecular complexity index is 730. The first-order chi connectivity index (χ1) is 11.0. The van der Waals surface area contributed by atoms with E-state index in [-0.39, 0.29) is 5.56 Å². The van der Waals surface area contributed by atoms with Gasteiger partial charge < -0.3 is 9.80 Å². The number of carbonyl (C=O) groups is 1. The average molecular weight is 337 g/mol. The van der Waals surface area contributed by atoms with Crippen molar-refractivity contribution in [3.8, 4) is 0 Å². The van der Waals surface area contributed by atoms with Gasteiger partial charge >= 0.3 is 0 Å². The van der Waals surface area contributed by atoms with Gasteiger partial charge in [-0.3, -0.25) is 4.79 Å². The summed E-state index contributed by atoms with van der Waals surface area (Å²) < 4.78 is 27.0. The van der Waals surface area contributed by atoms with Crippen molar-refractivity contribution in [3.05, 3.63) is 64.7 Å². The SMILES string of the molecule is O=C(c1cc(F)ccc1F)N1CCN(c2cccc(Cl)c2)CC1. The minimum atomic E-state index is -0.700. The molecule has 23 heavy (non-hydrogen) atoms. The van der Waals surface area contributed by atoms with E-state index >= 15 is 0 Å². The number of rotatable bonds is 2. The second-order valence-corrected chi connectivity index (χ2v) is 5.82. The molecule has 2 aromatic carbocycles. The van der Waals surface area contributed by atoms with E-state index in [2.05, 4.69) is 4.90 Å². The minimum Gasteiger partial charge on any atom is -0.368 e. The van der Waals surface area contributed by atoms with Crippen LogP contribution in [0.1, 0.15) is 10.4 Å². The molecule has 0 saturated carbocycles. The smallest absolute Gasteiger partial charge is 0.257 e. The highest BCUT2D eigenvalue weighted by Crippen LogP contribution is 2.21. The highest BCUT2D eigenvalue weighted by molar-refractivity contribution is 6.30. The zero-order valence-electron chi connectivity index (χ0n) is 12.3. The summed E-state index contributed by atoms with van der Waals surface area (Å²) in [5.41, 5.74) is 0.766. The largest absolute Gasteiger partial charge is 0.368 e. The third-order valence-corrected chi connectivity index (χ3v) is 4.13. The molecule has 1 fully saturated rings. The van der Waals surface area contributed by atoms with Gasteiger partial charge in [0.2, 0.25) is 0 Å². The fourth-order valence-corrected chi connectivity index (χ4v) is 2.86. The first kappa shape index (κ1) is 15.7. The Kier molecular flexibility index (Phi) is 4.48. The molecule has 0 atom stereocenters. The van der Waals surface area contributed by atoms with Gasteiger partial charge in [0.1, 0.15) is 11.6 Å². The summed E-state index contributed by atoms with van der Waals surface area (Å²) in [7, 11) is 0. The third-order valence-electron chi connectivity index (χ3n) is 3.90. The molecular formula is C17H15ClF2N2O. The fraction of sp³-hybridized carbons (Fsp3) is 0.235. The summed E-state index contributed by atoms with van der Waals surface area (Å²) in [6.45, 7) is 2.12. The van der Waals surface area contributed by atoms with Crippen molar-refractivity contribution in [2.24, 2.45) is 0 Å². The molecular weight excluding hydrogens is 322 g/mol. The first-order valence-electron chi connectivity index (χ1n) is 7.29. The van der Waals surface area contributed by atoms with Gasteiger partial charge in [0, 0.05) is 36.9 Å². The van der Waals surface area contributed by atoms with Crippen molar-refractivity contribution in [2.45, 2.75) is 0 Å². The lowest BCUT2D eigenvalue weighted by Gasteiger charge is -2.36. The monoisotopic (exact) mass is 336 g/mol. The van der Waals surface area contributed by atoms with Crippen LogP contribution in [0.4, 0.5) is 14.5 Å². The van der Waals surface area contributed by atoms with Gasteiger partial charge in [-0.25, -0.2) is 8.78 Å². The standard InChI is InChI=1S/C17H15ClF2N2O/c18-12-2-1-3-14(10-12)21-6-8-22(9-7-21)17(23)15-11-13(19)4-5-16(15)20/h1-5,10-11H,6-9H2. The Morgan fingerprint density at radius 3 is 2.43 bits per heavy atom. The molecule has 1 aliphatic rings. The molecule has 0 bridgehead atoms. The average Bonchev–Trinajstić information content (AvgIpc) is 2.56. The molecule has 0 radical (unpaired) electrons. The van der Waals surface area contributed by atoms with Crippen molar-refractivity contribution in [3.63, 3.8) is 0 Å². The Labute approximate surface area is 138 Å². The normalized spacial score (nSPS) is 14.9. The van der Waals surface area contributed by atoms with Gasteiger partial charge in [-0.15, -0.1) is 0 Å². The van der Waals surface area contributed by atoms with Gasteiger partial charge in [0.05, 0.1) is 5.56 Å². The molecule has 3 nitrogen and oxygen atoms in total. The van der Waals surface area contributed by atoms with Crippen molar-refractivity contribution in [1.82, 2.24) is 4.90 Å². The maximum Gasteiger partial charge on any atom is 0.257 e. The maximum absolute atomic E-state index is 13.7. The molecule has 1 aliphatic heterocycles. The zero-order valence-corrected chi connectivity index (χ0v) is 13.1. The summed E-state index contributed by atoms with van der Waals surface area (Å²) >= 11 is 5.99. The van der Waals surface area contributed by atoms with Crippen molar-refractivity contribution in [1.29, 1.82) is 0 Å². The van der Waals surface area contributed by atoms with Crippen molar-refractivity contribution < 1.29 is 13.6 Å². The van der Waals surface area contributed by atoms with Crippen LogP contribution in [-0.4, -0.2) is 37.0 Å². The Hall–Kier alpha value is -2.14. The molecule has 1 amide bonds. The van der Waals surface area contributed by atoms with E-state index in [9.17, 15) is 13.6 Å². The van der Waals surface area contributed by atoms with Gasteiger partial charge in [-0.2, -0.15) is 0 Å². The molecule has 3 rings (SSSR count). The minimum absolute atomic E-state index is 0.221. The Balaban J connectivity index is 1.69. The van der Waals surface area contributed by atoms with Crippen LogP contribution < -0.4 is 4.90 Å². The van der Waals surface area contributed by atoms with E-state index in [4.69, 9.17) is 11.6 Å². The molecule has 0 aromatic heterocycles. The second kappa shape index (κ2) is 6.54. The van der Waals surface area contributed by atoms with Gasteiger partial charge in [0.15, 0.2) is 0 Å². The van der Waals surface area contributed by atoms with Crippen LogP contribution in [0.5, 0.6) is 0 Å². The van der Waals surface area contributed by atoms with Crippen LogP contribution in [0.3, 0.4) is 0 Å². The molecule has 6 heteroatoms. The fourth-order valence-electron chi connectivity index (χ4n) is 2.67. The summed E-state index contributed by atoms with van der Waals surface area (Å²) in [6, 6.07) is 10.4. The van der Waals surface area contributed by atoms with Gasteiger partial charge in [-0.05, 0) is 36.4 Å². The predicted octanol–water partition coefficient (Wildman–Crippen LogP) is 3.58. The molecule has 120 valence electrons. The summed E-state index contributed by atoms with van der Waals surface area (Å²) in [5, 5.41) is 0.655. The number of carbonyl (C=O) groups excluding carboxylic acids is 1. The highest BCUT2D eigenvalue weighted by Gasteiger charge is 2.24. The molecule has 0 spiro atoms. The molecule has 1 heterocycles. The van der Waals surface area contributed by atoms with E-state index in [1.165, 1.54) is 0 Å². The topological polar surface area (TPSA) is 23.6 Å². The van der Waals surface area contributed by atoms with E-state index in [0.29, 0.717) is 31.2 Å². The van der Waals surface area contributed by atoms with Crippen LogP contribution in [-0.2, 0) is 0 Å². The van der Waals surface area contributed by atoms with Crippen LogP contribution in [0.2, 0.25) is 5.02 Å². The summed E-state index contributed by atoms with van der Waals surface area (Å²) in [4.78, 5) is 16.0. The van der Waals surface area contributed by atoms with Crippen LogP contribution in [0.15, 0.2) is 42.5 Å². The van der Waals surface area contributed by atoms with Crippen molar-refractivity contribution >= 4 is 23.2 Å². The second-order valence-electron chi connectivity index (χ2n) is 5.38. The molecule has 1 saturated heterocycles. The van der Waals surface area contributed by atoms with Gasteiger partial charge in [-0.1, -0.05) is 17.7 Å². The quantitative estimate of drug-likeness (QED) is 0.837. The summed E-state index contributed by atoms with van der Waals surface area (Å²) in [6.07, 6.45) is 0. The van der Waals surface area contributed by atoms with Crippen LogP contribution in [0.25, 0.3) is 0 Å². The molecule has 0 unspecified atom stereocenters. The van der Waals surface area contributed by atoms with E-state index < -0.39 is 17.5 Å². The van der Waals surface area contributed by atoms with E-state index in [0.717, 1.165) is 23.9 Å². The lowest BCUT2D eigenvalue weighted by Crippen LogP contribution is -2.49. The lowest BCUT2D eigenvalue weighted by atomic mass is 10.1. The van der Waals surface area contributed by atoms with Crippen molar-refractivity contribution in [2.75, 3.05) is 31.1 Å². The van der Waals surface area contributed by atoms with E-state index in [1.54, 1.807) is 11.0 Å². The number of amides is 1. The first-order valence-corrected chi connectivity index (χ1v) is 7.67. The van der Waals surface area contributed by atoms with Crippen LogP contribution >= 0.6 is 11.6 Å². The number of hydrogen-bond acceptors (Lipinski definition) is 2. The maximum atomic E-state index is 13.7. The zero-order chi connectivity index (χ0) is 16.4. The predicted molar refractivity (Wildman–Crippen MR) is 85.9 cm³/mol. The van der Waals surface area contributed by atoms with Gasteiger partial charge in [0.25, 0.3) is 5.91 Å².